The van der Waals surface area contributed by atoms with Crippen LogP contribution < -0.4 is 9.80 Å². The molecule has 160 valence electrons. The van der Waals surface area contributed by atoms with Gasteiger partial charge in [0, 0.05) is 65.2 Å². The largest absolute Gasteiger partial charge is 0.353 e. The Morgan fingerprint density at radius 3 is 2.00 bits per heavy atom. The Labute approximate surface area is 177 Å². The third-order valence-corrected chi connectivity index (χ3v) is 5.86. The molecule has 0 spiro atoms. The predicted octanol–water partition coefficient (Wildman–Crippen LogP) is 2.03. The number of carbonyl (C=O) groups is 2. The molecule has 2 fully saturated rings. The Balaban J connectivity index is 1.71. The van der Waals surface area contributed by atoms with E-state index >= 15 is 0 Å². The number of nitrogens with zero attached hydrogens (tertiary/aromatic N) is 6. The molecule has 0 radical (unpaired) electrons. The summed E-state index contributed by atoms with van der Waals surface area (Å²) in [5.41, 5.74) is 0. The van der Waals surface area contributed by atoms with E-state index in [0.717, 1.165) is 44.8 Å². The van der Waals surface area contributed by atoms with Gasteiger partial charge in [-0.15, -0.1) is 0 Å². The van der Waals surface area contributed by atoms with Crippen molar-refractivity contribution in [3.63, 3.8) is 0 Å². The van der Waals surface area contributed by atoms with Crippen LogP contribution in [0.25, 0.3) is 0 Å². The van der Waals surface area contributed by atoms with E-state index < -0.39 is 0 Å². The normalized spacial score (nSPS) is 18.4. The van der Waals surface area contributed by atoms with Crippen molar-refractivity contribution in [2.75, 3.05) is 62.2 Å². The molecule has 2 aliphatic rings. The summed E-state index contributed by atoms with van der Waals surface area (Å²) >= 11 is 6.45. The summed E-state index contributed by atoms with van der Waals surface area (Å²) in [7, 11) is 0. The summed E-state index contributed by atoms with van der Waals surface area (Å²) in [5, 5.41) is 0.529. The molecule has 2 amide bonds. The van der Waals surface area contributed by atoms with Crippen LogP contribution in [0, 0.1) is 0 Å². The number of amides is 2. The quantitative estimate of drug-likeness (QED) is 0.739. The van der Waals surface area contributed by atoms with Gasteiger partial charge in [-0.3, -0.25) is 9.59 Å². The highest BCUT2D eigenvalue weighted by molar-refractivity contribution is 6.32. The number of carbonyl (C=O) groups excluding carboxylic acids is 2. The van der Waals surface area contributed by atoms with Crippen LogP contribution in [-0.2, 0) is 9.59 Å². The first kappa shape index (κ1) is 21.6. The average molecular weight is 423 g/mol. The van der Waals surface area contributed by atoms with Gasteiger partial charge in [0.25, 0.3) is 0 Å². The number of hydrogen-bond acceptors (Lipinski definition) is 6. The lowest BCUT2D eigenvalue weighted by Gasteiger charge is -2.26. The Hall–Kier alpha value is -2.09. The van der Waals surface area contributed by atoms with E-state index in [1.807, 2.05) is 23.6 Å². The molecular weight excluding hydrogens is 392 g/mol. The Morgan fingerprint density at radius 2 is 1.41 bits per heavy atom. The highest BCUT2D eigenvalue weighted by Crippen LogP contribution is 2.26. The Kier molecular flexibility index (Phi) is 7.52. The van der Waals surface area contributed by atoms with Crippen LogP contribution in [0.5, 0.6) is 0 Å². The van der Waals surface area contributed by atoms with Gasteiger partial charge in [0.2, 0.25) is 17.8 Å². The summed E-state index contributed by atoms with van der Waals surface area (Å²) in [6.45, 7) is 9.75. The number of hydrogen-bond donors (Lipinski definition) is 0. The molecule has 0 atom stereocenters. The molecule has 0 unspecified atom stereocenters. The summed E-state index contributed by atoms with van der Waals surface area (Å²) in [6, 6.07) is 0. The van der Waals surface area contributed by atoms with E-state index in [-0.39, 0.29) is 11.8 Å². The topological polar surface area (TPSA) is 72.9 Å². The fourth-order valence-electron chi connectivity index (χ4n) is 3.92. The van der Waals surface area contributed by atoms with Crippen molar-refractivity contribution in [1.29, 1.82) is 0 Å². The van der Waals surface area contributed by atoms with Crippen molar-refractivity contribution in [3.05, 3.63) is 11.2 Å². The average Bonchev–Trinajstić information content (AvgIpc) is 3.14. The zero-order valence-electron chi connectivity index (χ0n) is 17.4. The molecule has 29 heavy (non-hydrogen) atoms. The molecule has 0 bridgehead atoms. The second-order valence-electron chi connectivity index (χ2n) is 7.49. The minimum Gasteiger partial charge on any atom is -0.353 e. The molecule has 0 saturated carbocycles. The van der Waals surface area contributed by atoms with Crippen molar-refractivity contribution in [1.82, 2.24) is 19.8 Å². The van der Waals surface area contributed by atoms with Crippen molar-refractivity contribution < 1.29 is 9.59 Å². The number of aromatic nitrogens is 2. The standard InChI is InChI=1S/C20H31ClN6O2/c1-3-17(28)24-7-5-9-26(13-11-24)19-16(21)15-22-20(23-19)27-10-6-8-25(12-14-27)18(29)4-2/h15H,3-14H2,1-2H3. The SMILES string of the molecule is CCC(=O)N1CCCN(c2ncc(Cl)c(N3CCCN(C(=O)CC)CC3)n2)CC1. The van der Waals surface area contributed by atoms with Gasteiger partial charge in [0.15, 0.2) is 5.82 Å². The van der Waals surface area contributed by atoms with Gasteiger partial charge in [-0.25, -0.2) is 4.98 Å². The van der Waals surface area contributed by atoms with E-state index in [9.17, 15) is 9.59 Å². The molecule has 8 nitrogen and oxygen atoms in total. The first-order valence-corrected chi connectivity index (χ1v) is 11.0. The molecule has 9 heteroatoms. The van der Waals surface area contributed by atoms with Gasteiger partial charge in [0.05, 0.1) is 6.20 Å². The lowest BCUT2D eigenvalue weighted by Crippen LogP contribution is -2.36. The first-order chi connectivity index (χ1) is 14.0. The third kappa shape index (κ3) is 5.29. The van der Waals surface area contributed by atoms with Gasteiger partial charge in [0.1, 0.15) is 5.02 Å². The first-order valence-electron chi connectivity index (χ1n) is 10.6. The van der Waals surface area contributed by atoms with Crippen LogP contribution in [-0.4, -0.2) is 83.9 Å². The van der Waals surface area contributed by atoms with E-state index in [1.165, 1.54) is 0 Å². The molecule has 0 aliphatic carbocycles. The van der Waals surface area contributed by atoms with E-state index in [2.05, 4.69) is 14.8 Å². The smallest absolute Gasteiger partial charge is 0.227 e. The van der Waals surface area contributed by atoms with Gasteiger partial charge in [-0.1, -0.05) is 25.4 Å². The van der Waals surface area contributed by atoms with Gasteiger partial charge < -0.3 is 19.6 Å². The molecule has 2 aliphatic heterocycles. The van der Waals surface area contributed by atoms with E-state index in [0.29, 0.717) is 50.0 Å². The molecular formula is C20H31ClN6O2. The molecule has 0 aromatic carbocycles. The number of halogens is 1. The number of anilines is 2. The van der Waals surface area contributed by atoms with Crippen molar-refractivity contribution in [2.24, 2.45) is 0 Å². The van der Waals surface area contributed by atoms with Crippen LogP contribution >= 0.6 is 11.6 Å². The monoisotopic (exact) mass is 422 g/mol. The van der Waals surface area contributed by atoms with E-state index in [1.54, 1.807) is 6.20 Å². The van der Waals surface area contributed by atoms with Crippen LogP contribution in [0.1, 0.15) is 39.5 Å². The molecule has 0 N–H and O–H groups in total. The molecule has 1 aromatic heterocycles. The third-order valence-electron chi connectivity index (χ3n) is 5.60. The number of rotatable bonds is 4. The van der Waals surface area contributed by atoms with Gasteiger partial charge >= 0.3 is 0 Å². The van der Waals surface area contributed by atoms with E-state index in [4.69, 9.17) is 16.6 Å². The van der Waals surface area contributed by atoms with Crippen LogP contribution in [0.3, 0.4) is 0 Å². The predicted molar refractivity (Wildman–Crippen MR) is 114 cm³/mol. The zero-order chi connectivity index (χ0) is 20.8. The fourth-order valence-corrected chi connectivity index (χ4v) is 4.13. The molecule has 2 saturated heterocycles. The fraction of sp³-hybridized carbons (Fsp3) is 0.700. The second kappa shape index (κ2) is 10.1. The Morgan fingerprint density at radius 1 is 0.862 bits per heavy atom. The summed E-state index contributed by atoms with van der Waals surface area (Å²) < 4.78 is 0. The van der Waals surface area contributed by atoms with Crippen LogP contribution in [0.15, 0.2) is 6.20 Å². The summed E-state index contributed by atoms with van der Waals surface area (Å²) in [4.78, 5) is 41.4. The maximum Gasteiger partial charge on any atom is 0.227 e. The maximum absolute atomic E-state index is 12.0. The zero-order valence-corrected chi connectivity index (χ0v) is 18.2. The van der Waals surface area contributed by atoms with Crippen LogP contribution in [0.4, 0.5) is 11.8 Å². The van der Waals surface area contributed by atoms with Crippen molar-refractivity contribution >= 4 is 35.2 Å². The highest BCUT2D eigenvalue weighted by atomic mass is 35.5. The van der Waals surface area contributed by atoms with Gasteiger partial charge in [-0.2, -0.15) is 4.98 Å². The van der Waals surface area contributed by atoms with Crippen molar-refractivity contribution in [2.45, 2.75) is 39.5 Å². The lowest BCUT2D eigenvalue weighted by molar-refractivity contribution is -0.131. The summed E-state index contributed by atoms with van der Waals surface area (Å²) in [6.07, 6.45) is 4.52. The van der Waals surface area contributed by atoms with Crippen molar-refractivity contribution in [3.8, 4) is 0 Å². The second-order valence-corrected chi connectivity index (χ2v) is 7.90. The molecule has 3 heterocycles. The lowest BCUT2D eigenvalue weighted by atomic mass is 10.3. The minimum atomic E-state index is 0.192. The van der Waals surface area contributed by atoms with Crippen LogP contribution in [0.2, 0.25) is 5.02 Å². The van der Waals surface area contributed by atoms with Gasteiger partial charge in [-0.05, 0) is 12.8 Å². The molecule has 3 rings (SSSR count). The minimum absolute atomic E-state index is 0.192. The highest BCUT2D eigenvalue weighted by Gasteiger charge is 2.23. The Bertz CT molecular complexity index is 731. The maximum atomic E-state index is 12.0. The summed E-state index contributed by atoms with van der Waals surface area (Å²) in [5.74, 6) is 1.77. The molecule has 1 aromatic rings.